The largest absolute Gasteiger partial charge is 0.303 e. The number of nitrogens with one attached hydrogen (secondary N) is 1. The number of hydrogen-bond donors (Lipinski definition) is 1. The molecule has 12 heavy (non-hydrogen) atoms. The zero-order valence-corrected chi connectivity index (χ0v) is 8.03. The van der Waals surface area contributed by atoms with E-state index < -0.39 is 0 Å². The van der Waals surface area contributed by atoms with E-state index in [0.717, 1.165) is 6.42 Å². The first-order chi connectivity index (χ1) is 5.83. The van der Waals surface area contributed by atoms with Crippen LogP contribution in [0.5, 0.6) is 0 Å². The van der Waals surface area contributed by atoms with Gasteiger partial charge in [0.15, 0.2) is 0 Å². The standard InChI is InChI=1S/C10H13NS/c1-3-6-11-9(2)8-10-5-4-7-12-10/h1,4-5,7,9,11H,6,8H2,2H3. The highest BCUT2D eigenvalue weighted by Crippen LogP contribution is 2.10. The average molecular weight is 179 g/mol. The summed E-state index contributed by atoms with van der Waals surface area (Å²) in [6.45, 7) is 2.81. The van der Waals surface area contributed by atoms with Crippen molar-refractivity contribution in [3.63, 3.8) is 0 Å². The van der Waals surface area contributed by atoms with Crippen LogP contribution in [0.15, 0.2) is 17.5 Å². The molecule has 0 bridgehead atoms. The molecule has 0 spiro atoms. The van der Waals surface area contributed by atoms with Gasteiger partial charge in [-0.15, -0.1) is 17.8 Å². The first-order valence-electron chi connectivity index (χ1n) is 4.02. The SMILES string of the molecule is C#CCNC(C)Cc1cccs1. The molecule has 1 rings (SSSR count). The van der Waals surface area contributed by atoms with Gasteiger partial charge in [-0.2, -0.15) is 0 Å². The lowest BCUT2D eigenvalue weighted by Crippen LogP contribution is -2.27. The van der Waals surface area contributed by atoms with E-state index in [1.807, 2.05) is 0 Å². The number of hydrogen-bond acceptors (Lipinski definition) is 2. The summed E-state index contributed by atoms with van der Waals surface area (Å²) in [5, 5.41) is 5.34. The van der Waals surface area contributed by atoms with Crippen LogP contribution in [0.2, 0.25) is 0 Å². The van der Waals surface area contributed by atoms with E-state index in [2.05, 4.69) is 35.7 Å². The highest BCUT2D eigenvalue weighted by atomic mass is 32.1. The van der Waals surface area contributed by atoms with Crippen LogP contribution in [0.3, 0.4) is 0 Å². The quantitative estimate of drug-likeness (QED) is 0.696. The summed E-state index contributed by atoms with van der Waals surface area (Å²) in [6.07, 6.45) is 6.21. The summed E-state index contributed by atoms with van der Waals surface area (Å²) in [7, 11) is 0. The minimum absolute atomic E-state index is 0.472. The fourth-order valence-corrected chi connectivity index (χ4v) is 1.87. The highest BCUT2D eigenvalue weighted by Gasteiger charge is 2.01. The maximum absolute atomic E-state index is 5.14. The van der Waals surface area contributed by atoms with Crippen molar-refractivity contribution in [3.05, 3.63) is 22.4 Å². The Morgan fingerprint density at radius 2 is 2.58 bits per heavy atom. The van der Waals surface area contributed by atoms with Gasteiger partial charge in [0, 0.05) is 10.9 Å². The van der Waals surface area contributed by atoms with Gasteiger partial charge in [-0.25, -0.2) is 0 Å². The third kappa shape index (κ3) is 3.08. The van der Waals surface area contributed by atoms with Gasteiger partial charge in [0.2, 0.25) is 0 Å². The van der Waals surface area contributed by atoms with Crippen LogP contribution in [-0.4, -0.2) is 12.6 Å². The normalized spacial score (nSPS) is 12.3. The van der Waals surface area contributed by atoms with Crippen molar-refractivity contribution in [1.29, 1.82) is 0 Å². The van der Waals surface area contributed by atoms with Crippen LogP contribution in [0.25, 0.3) is 0 Å². The Labute approximate surface area is 77.8 Å². The van der Waals surface area contributed by atoms with E-state index in [1.165, 1.54) is 4.88 Å². The van der Waals surface area contributed by atoms with Gasteiger partial charge < -0.3 is 5.32 Å². The molecule has 0 fully saturated rings. The topological polar surface area (TPSA) is 12.0 Å². The third-order valence-electron chi connectivity index (χ3n) is 1.64. The van der Waals surface area contributed by atoms with Crippen molar-refractivity contribution in [2.45, 2.75) is 19.4 Å². The van der Waals surface area contributed by atoms with E-state index >= 15 is 0 Å². The monoisotopic (exact) mass is 179 g/mol. The van der Waals surface area contributed by atoms with Crippen LogP contribution in [0, 0.1) is 12.3 Å². The molecule has 0 aromatic carbocycles. The number of rotatable bonds is 4. The summed E-state index contributed by atoms with van der Waals surface area (Å²) in [5.74, 6) is 2.57. The van der Waals surface area contributed by atoms with E-state index in [4.69, 9.17) is 6.42 Å². The molecule has 1 N–H and O–H groups in total. The lowest BCUT2D eigenvalue weighted by molar-refractivity contribution is 0.589. The summed E-state index contributed by atoms with van der Waals surface area (Å²) in [6, 6.07) is 4.70. The minimum atomic E-state index is 0.472. The molecule has 0 radical (unpaired) electrons. The number of terminal acetylenes is 1. The van der Waals surface area contributed by atoms with Crippen molar-refractivity contribution in [2.75, 3.05) is 6.54 Å². The van der Waals surface area contributed by atoms with Crippen molar-refractivity contribution in [1.82, 2.24) is 5.32 Å². The Bertz CT molecular complexity index is 245. The summed E-state index contributed by atoms with van der Waals surface area (Å²) >= 11 is 1.79. The summed E-state index contributed by atoms with van der Waals surface area (Å²) in [4.78, 5) is 1.41. The Kier molecular flexibility index (Phi) is 3.86. The zero-order valence-electron chi connectivity index (χ0n) is 7.21. The molecule has 2 heteroatoms. The van der Waals surface area contributed by atoms with E-state index in [9.17, 15) is 0 Å². The number of thiophene rings is 1. The molecule has 1 unspecified atom stereocenters. The van der Waals surface area contributed by atoms with E-state index in [1.54, 1.807) is 11.3 Å². The molecule has 0 aliphatic carbocycles. The minimum Gasteiger partial charge on any atom is -0.303 e. The van der Waals surface area contributed by atoms with Crippen LogP contribution in [-0.2, 0) is 6.42 Å². The molecule has 0 saturated heterocycles. The molecule has 0 saturated carbocycles. The molecule has 1 nitrogen and oxygen atoms in total. The third-order valence-corrected chi connectivity index (χ3v) is 2.54. The molecular weight excluding hydrogens is 166 g/mol. The second-order valence-corrected chi connectivity index (χ2v) is 3.80. The zero-order chi connectivity index (χ0) is 8.81. The van der Waals surface area contributed by atoms with Crippen molar-refractivity contribution >= 4 is 11.3 Å². The molecule has 64 valence electrons. The van der Waals surface area contributed by atoms with Gasteiger partial charge in [-0.1, -0.05) is 12.0 Å². The Morgan fingerprint density at radius 1 is 1.75 bits per heavy atom. The van der Waals surface area contributed by atoms with Gasteiger partial charge >= 0.3 is 0 Å². The lowest BCUT2D eigenvalue weighted by Gasteiger charge is -2.09. The smallest absolute Gasteiger partial charge is 0.0575 e. The van der Waals surface area contributed by atoms with Crippen LogP contribution < -0.4 is 5.32 Å². The Balaban J connectivity index is 2.28. The van der Waals surface area contributed by atoms with Gasteiger partial charge in [-0.3, -0.25) is 0 Å². The predicted molar refractivity (Wildman–Crippen MR) is 54.3 cm³/mol. The van der Waals surface area contributed by atoms with Gasteiger partial charge in [0.1, 0.15) is 0 Å². The van der Waals surface area contributed by atoms with Crippen LogP contribution in [0.1, 0.15) is 11.8 Å². The molecule has 0 aliphatic heterocycles. The summed E-state index contributed by atoms with van der Waals surface area (Å²) < 4.78 is 0. The second kappa shape index (κ2) is 4.97. The van der Waals surface area contributed by atoms with Gasteiger partial charge in [-0.05, 0) is 24.8 Å². The highest BCUT2D eigenvalue weighted by molar-refractivity contribution is 7.09. The van der Waals surface area contributed by atoms with E-state index in [-0.39, 0.29) is 0 Å². The summed E-state index contributed by atoms with van der Waals surface area (Å²) in [5.41, 5.74) is 0. The molecule has 1 aromatic heterocycles. The second-order valence-electron chi connectivity index (χ2n) is 2.77. The van der Waals surface area contributed by atoms with Crippen LogP contribution >= 0.6 is 11.3 Å². The first-order valence-corrected chi connectivity index (χ1v) is 4.90. The van der Waals surface area contributed by atoms with Crippen LogP contribution in [0.4, 0.5) is 0 Å². The van der Waals surface area contributed by atoms with Crippen molar-refractivity contribution in [3.8, 4) is 12.3 Å². The van der Waals surface area contributed by atoms with E-state index in [0.29, 0.717) is 12.6 Å². The molecule has 1 heterocycles. The lowest BCUT2D eigenvalue weighted by atomic mass is 10.2. The molecule has 1 aromatic rings. The molecular formula is C10H13NS. The maximum Gasteiger partial charge on any atom is 0.0575 e. The Morgan fingerprint density at radius 3 is 3.17 bits per heavy atom. The van der Waals surface area contributed by atoms with Crippen molar-refractivity contribution in [2.24, 2.45) is 0 Å². The fourth-order valence-electron chi connectivity index (χ4n) is 1.04. The maximum atomic E-state index is 5.14. The molecule has 1 atom stereocenters. The average Bonchev–Trinajstić information content (AvgIpc) is 2.53. The fraction of sp³-hybridized carbons (Fsp3) is 0.400. The van der Waals surface area contributed by atoms with Crippen molar-refractivity contribution < 1.29 is 0 Å². The van der Waals surface area contributed by atoms with Gasteiger partial charge in [0.05, 0.1) is 6.54 Å². The Hall–Kier alpha value is -0.780. The molecule has 0 aliphatic rings. The van der Waals surface area contributed by atoms with Gasteiger partial charge in [0.25, 0.3) is 0 Å². The molecule has 0 amide bonds. The predicted octanol–water partition coefficient (Wildman–Crippen LogP) is 1.90. The first kappa shape index (κ1) is 9.31.